The van der Waals surface area contributed by atoms with Crippen molar-refractivity contribution < 1.29 is 8.81 Å². The van der Waals surface area contributed by atoms with Crippen LogP contribution in [0.5, 0.6) is 0 Å². The number of hydrogen-bond donors (Lipinski definition) is 0. The van der Waals surface area contributed by atoms with E-state index < -0.39 is 0 Å². The molecule has 24 heavy (non-hydrogen) atoms. The third-order valence-electron chi connectivity index (χ3n) is 5.54. The highest BCUT2D eigenvalue weighted by molar-refractivity contribution is 5.45. The maximum atomic E-state index is 14.7. The standard InChI is InChI=1S/C17H22FN5O/c1-3-12-14(18)15(20-10-19-12)23-8-11-6-5-7-17(11,9-23)16-22-21-13(4-2)24-16/h10-11H,3-9H2,1-2H3/t11-,17-/m0/s1. The second-order valence-corrected chi connectivity index (χ2v) is 6.79. The van der Waals surface area contributed by atoms with Gasteiger partial charge in [-0.3, -0.25) is 0 Å². The van der Waals surface area contributed by atoms with E-state index in [9.17, 15) is 4.39 Å². The van der Waals surface area contributed by atoms with E-state index in [4.69, 9.17) is 4.42 Å². The van der Waals surface area contributed by atoms with Gasteiger partial charge in [-0.2, -0.15) is 0 Å². The minimum atomic E-state index is -0.296. The van der Waals surface area contributed by atoms with Crippen LogP contribution in [0, 0.1) is 11.7 Å². The Hall–Kier alpha value is -2.05. The van der Waals surface area contributed by atoms with E-state index in [1.54, 1.807) is 0 Å². The predicted octanol–water partition coefficient (Wildman–Crippen LogP) is 2.68. The highest BCUT2D eigenvalue weighted by atomic mass is 19.1. The highest BCUT2D eigenvalue weighted by Crippen LogP contribution is 2.50. The molecule has 2 fully saturated rings. The normalized spacial score (nSPS) is 26.1. The summed E-state index contributed by atoms with van der Waals surface area (Å²) in [6, 6.07) is 0. The number of aryl methyl sites for hydroxylation is 2. The summed E-state index contributed by atoms with van der Waals surface area (Å²) in [5, 5.41) is 8.46. The lowest BCUT2D eigenvalue weighted by molar-refractivity contribution is 0.297. The molecule has 0 radical (unpaired) electrons. The Morgan fingerprint density at radius 3 is 2.92 bits per heavy atom. The van der Waals surface area contributed by atoms with Gasteiger partial charge < -0.3 is 9.32 Å². The minimum Gasteiger partial charge on any atom is -0.425 e. The van der Waals surface area contributed by atoms with Gasteiger partial charge in [-0.25, -0.2) is 14.4 Å². The molecule has 1 saturated carbocycles. The summed E-state index contributed by atoms with van der Waals surface area (Å²) in [7, 11) is 0. The van der Waals surface area contributed by atoms with Gasteiger partial charge in [-0.1, -0.05) is 20.3 Å². The van der Waals surface area contributed by atoms with Crippen LogP contribution in [-0.2, 0) is 18.3 Å². The summed E-state index contributed by atoms with van der Waals surface area (Å²) in [4.78, 5) is 10.3. The first kappa shape index (κ1) is 15.5. The number of anilines is 1. The average Bonchev–Trinajstić information content (AvgIpc) is 3.28. The third-order valence-corrected chi connectivity index (χ3v) is 5.54. The Kier molecular flexibility index (Phi) is 3.73. The van der Waals surface area contributed by atoms with Gasteiger partial charge in [0.15, 0.2) is 11.6 Å². The van der Waals surface area contributed by atoms with Gasteiger partial charge in [0.25, 0.3) is 0 Å². The molecule has 2 aromatic heterocycles. The maximum Gasteiger partial charge on any atom is 0.224 e. The Balaban J connectivity index is 1.69. The molecule has 0 unspecified atom stereocenters. The van der Waals surface area contributed by atoms with Crippen molar-refractivity contribution in [1.82, 2.24) is 20.2 Å². The first-order valence-electron chi connectivity index (χ1n) is 8.75. The Bertz CT molecular complexity index is 748. The molecule has 4 rings (SSSR count). The first-order valence-corrected chi connectivity index (χ1v) is 8.75. The quantitative estimate of drug-likeness (QED) is 0.858. The SMILES string of the molecule is CCc1nnc([C@]23CCC[C@H]2CN(c2ncnc(CC)c2F)C3)o1. The Morgan fingerprint density at radius 2 is 2.17 bits per heavy atom. The zero-order chi connectivity index (χ0) is 16.7. The molecular formula is C17H22FN5O. The Morgan fingerprint density at radius 1 is 1.29 bits per heavy atom. The zero-order valence-corrected chi connectivity index (χ0v) is 14.1. The monoisotopic (exact) mass is 331 g/mol. The van der Waals surface area contributed by atoms with Gasteiger partial charge in [0.05, 0.1) is 11.1 Å². The first-order chi connectivity index (χ1) is 11.7. The van der Waals surface area contributed by atoms with Crippen molar-refractivity contribution in [2.24, 2.45) is 5.92 Å². The smallest absolute Gasteiger partial charge is 0.224 e. The lowest BCUT2D eigenvalue weighted by Gasteiger charge is -2.25. The number of aromatic nitrogens is 4. The van der Waals surface area contributed by atoms with Crippen molar-refractivity contribution >= 4 is 5.82 Å². The van der Waals surface area contributed by atoms with E-state index in [1.807, 2.05) is 18.7 Å². The minimum absolute atomic E-state index is 0.163. The van der Waals surface area contributed by atoms with E-state index in [2.05, 4.69) is 20.2 Å². The summed E-state index contributed by atoms with van der Waals surface area (Å²) in [6.45, 7) is 5.37. The van der Waals surface area contributed by atoms with Gasteiger partial charge in [0.1, 0.15) is 6.33 Å². The fraction of sp³-hybridized carbons (Fsp3) is 0.647. The largest absolute Gasteiger partial charge is 0.425 e. The number of halogens is 1. The van der Waals surface area contributed by atoms with E-state index in [1.165, 1.54) is 6.33 Å². The summed E-state index contributed by atoms with van der Waals surface area (Å²) >= 11 is 0. The second kappa shape index (κ2) is 5.79. The molecule has 2 aliphatic rings. The molecule has 6 nitrogen and oxygen atoms in total. The van der Waals surface area contributed by atoms with Crippen molar-refractivity contribution in [2.45, 2.75) is 51.4 Å². The molecule has 7 heteroatoms. The van der Waals surface area contributed by atoms with Crippen molar-refractivity contribution in [1.29, 1.82) is 0 Å². The van der Waals surface area contributed by atoms with Gasteiger partial charge in [0.2, 0.25) is 11.8 Å². The van der Waals surface area contributed by atoms with Gasteiger partial charge in [-0.05, 0) is 25.2 Å². The van der Waals surface area contributed by atoms with Gasteiger partial charge >= 0.3 is 0 Å². The fourth-order valence-corrected chi connectivity index (χ4v) is 4.26. The van der Waals surface area contributed by atoms with Crippen molar-refractivity contribution in [3.05, 3.63) is 29.6 Å². The highest BCUT2D eigenvalue weighted by Gasteiger charge is 2.54. The van der Waals surface area contributed by atoms with Gasteiger partial charge in [-0.15, -0.1) is 10.2 Å². The maximum absolute atomic E-state index is 14.7. The molecule has 0 bridgehead atoms. The third kappa shape index (κ3) is 2.21. The molecule has 0 aromatic carbocycles. The number of nitrogens with zero attached hydrogens (tertiary/aromatic N) is 5. The average molecular weight is 331 g/mol. The molecule has 1 saturated heterocycles. The van der Waals surface area contributed by atoms with Crippen LogP contribution in [0.15, 0.2) is 10.7 Å². The summed E-state index contributed by atoms with van der Waals surface area (Å²) in [5.74, 6) is 1.90. The van der Waals surface area contributed by atoms with Crippen LogP contribution in [0.3, 0.4) is 0 Å². The van der Waals surface area contributed by atoms with E-state index in [-0.39, 0.29) is 11.2 Å². The van der Waals surface area contributed by atoms with Crippen LogP contribution in [0.25, 0.3) is 0 Å². The molecule has 128 valence electrons. The van der Waals surface area contributed by atoms with Crippen LogP contribution in [0.4, 0.5) is 10.2 Å². The molecule has 0 spiro atoms. The van der Waals surface area contributed by atoms with Crippen LogP contribution in [0.1, 0.15) is 50.6 Å². The zero-order valence-electron chi connectivity index (χ0n) is 14.1. The van der Waals surface area contributed by atoms with Crippen molar-refractivity contribution in [2.75, 3.05) is 18.0 Å². The van der Waals surface area contributed by atoms with Crippen LogP contribution in [-0.4, -0.2) is 33.3 Å². The van der Waals surface area contributed by atoms with Crippen molar-refractivity contribution in [3.63, 3.8) is 0 Å². The van der Waals surface area contributed by atoms with Crippen LogP contribution < -0.4 is 4.90 Å². The topological polar surface area (TPSA) is 67.9 Å². The molecule has 3 heterocycles. The van der Waals surface area contributed by atoms with Crippen molar-refractivity contribution in [3.8, 4) is 0 Å². The molecule has 0 N–H and O–H groups in total. The molecule has 2 atom stereocenters. The van der Waals surface area contributed by atoms with E-state index >= 15 is 0 Å². The van der Waals surface area contributed by atoms with E-state index in [0.717, 1.165) is 38.1 Å². The molecule has 2 aromatic rings. The second-order valence-electron chi connectivity index (χ2n) is 6.79. The fourth-order valence-electron chi connectivity index (χ4n) is 4.26. The van der Waals surface area contributed by atoms with Crippen LogP contribution in [0.2, 0.25) is 0 Å². The lowest BCUT2D eigenvalue weighted by Crippen LogP contribution is -2.33. The molecule has 0 amide bonds. The number of hydrogen-bond acceptors (Lipinski definition) is 6. The molecular weight excluding hydrogens is 309 g/mol. The summed E-state index contributed by atoms with van der Waals surface area (Å²) in [5.41, 5.74) is 0.307. The Labute approximate surface area is 140 Å². The molecule has 1 aliphatic heterocycles. The number of fused-ring (bicyclic) bond motifs is 1. The van der Waals surface area contributed by atoms with E-state index in [0.29, 0.717) is 36.3 Å². The molecule has 1 aliphatic carbocycles. The predicted molar refractivity (Wildman–Crippen MR) is 86.3 cm³/mol. The summed E-state index contributed by atoms with van der Waals surface area (Å²) < 4.78 is 20.6. The lowest BCUT2D eigenvalue weighted by atomic mass is 9.80. The van der Waals surface area contributed by atoms with Gasteiger partial charge in [0, 0.05) is 19.5 Å². The summed E-state index contributed by atoms with van der Waals surface area (Å²) in [6.07, 6.45) is 6.01. The van der Waals surface area contributed by atoms with Crippen LogP contribution >= 0.6 is 0 Å². The number of rotatable bonds is 4.